The number of carbonyl (C=O) groups excluding carboxylic acids is 2. The highest BCUT2D eigenvalue weighted by Crippen LogP contribution is 2.45. The van der Waals surface area contributed by atoms with E-state index in [1.54, 1.807) is 0 Å². The molecule has 108 valence electrons. The van der Waals surface area contributed by atoms with Crippen molar-refractivity contribution >= 4 is 11.9 Å². The summed E-state index contributed by atoms with van der Waals surface area (Å²) in [5.41, 5.74) is 0.700. The largest absolute Gasteiger partial charge is 0.466 e. The number of hydrogen-bond donors (Lipinski definition) is 0. The van der Waals surface area contributed by atoms with Crippen molar-refractivity contribution in [3.8, 4) is 0 Å². The Morgan fingerprint density at radius 3 is 2.53 bits per heavy atom. The number of carbonyl (C=O) groups is 2. The van der Waals surface area contributed by atoms with Gasteiger partial charge in [-0.1, -0.05) is 19.4 Å². The van der Waals surface area contributed by atoms with Crippen LogP contribution < -0.4 is 0 Å². The Hall–Kier alpha value is -1.32. The first-order chi connectivity index (χ1) is 8.84. The zero-order valence-electron chi connectivity index (χ0n) is 12.5. The van der Waals surface area contributed by atoms with Gasteiger partial charge in [-0.15, -0.1) is 0 Å². The van der Waals surface area contributed by atoms with Crippen molar-refractivity contribution in [1.29, 1.82) is 0 Å². The number of esters is 2. The Labute approximate surface area is 115 Å². The van der Waals surface area contributed by atoms with Crippen LogP contribution in [0.25, 0.3) is 0 Å². The Morgan fingerprint density at radius 1 is 1.42 bits per heavy atom. The van der Waals surface area contributed by atoms with E-state index in [1.807, 2.05) is 19.9 Å². The van der Waals surface area contributed by atoms with E-state index in [0.717, 1.165) is 12.0 Å². The van der Waals surface area contributed by atoms with Crippen molar-refractivity contribution < 1.29 is 19.1 Å². The Balaban J connectivity index is 3.02. The third-order valence-electron chi connectivity index (χ3n) is 3.92. The third-order valence-corrected chi connectivity index (χ3v) is 3.92. The zero-order valence-corrected chi connectivity index (χ0v) is 12.5. The maximum absolute atomic E-state index is 12.1. The van der Waals surface area contributed by atoms with E-state index >= 15 is 0 Å². The second kappa shape index (κ2) is 6.22. The molecule has 0 heterocycles. The van der Waals surface area contributed by atoms with Gasteiger partial charge in [0.1, 0.15) is 6.10 Å². The molecule has 3 atom stereocenters. The predicted octanol–water partition coefficient (Wildman–Crippen LogP) is 2.86. The summed E-state index contributed by atoms with van der Waals surface area (Å²) >= 11 is 0. The number of ether oxygens (including phenoxy) is 2. The van der Waals surface area contributed by atoms with Gasteiger partial charge in [0.15, 0.2) is 0 Å². The van der Waals surface area contributed by atoms with Gasteiger partial charge in [-0.3, -0.25) is 9.59 Å². The molecule has 19 heavy (non-hydrogen) atoms. The molecular weight excluding hydrogens is 244 g/mol. The van der Waals surface area contributed by atoms with Crippen LogP contribution in [0.1, 0.15) is 47.5 Å². The average molecular weight is 268 g/mol. The van der Waals surface area contributed by atoms with E-state index in [0.29, 0.717) is 13.0 Å². The molecule has 0 aromatic rings. The molecule has 1 aliphatic rings. The van der Waals surface area contributed by atoms with Crippen LogP contribution in [0.5, 0.6) is 0 Å². The van der Waals surface area contributed by atoms with Crippen LogP contribution in [0.3, 0.4) is 0 Å². The van der Waals surface area contributed by atoms with E-state index < -0.39 is 0 Å². The van der Waals surface area contributed by atoms with Crippen LogP contribution in [-0.2, 0) is 19.1 Å². The van der Waals surface area contributed by atoms with Gasteiger partial charge >= 0.3 is 11.9 Å². The first-order valence-corrected chi connectivity index (χ1v) is 6.86. The molecule has 1 rings (SSSR count). The molecule has 1 aliphatic carbocycles. The Kier molecular flexibility index (Phi) is 5.15. The smallest absolute Gasteiger partial charge is 0.313 e. The molecule has 4 heteroatoms. The van der Waals surface area contributed by atoms with Gasteiger partial charge in [-0.25, -0.2) is 0 Å². The normalized spacial score (nSPS) is 30.5. The molecular formula is C15H24O4. The molecule has 4 nitrogen and oxygen atoms in total. The molecule has 3 unspecified atom stereocenters. The summed E-state index contributed by atoms with van der Waals surface area (Å²) in [5, 5.41) is 0. The highest BCUT2D eigenvalue weighted by atomic mass is 16.5. The molecule has 0 fully saturated rings. The highest BCUT2D eigenvalue weighted by molar-refractivity contribution is 5.77. The lowest BCUT2D eigenvalue weighted by molar-refractivity contribution is -0.154. The summed E-state index contributed by atoms with van der Waals surface area (Å²) in [6.45, 7) is 9.62. The van der Waals surface area contributed by atoms with Crippen LogP contribution in [-0.4, -0.2) is 24.6 Å². The lowest BCUT2D eigenvalue weighted by atomic mass is 9.65. The van der Waals surface area contributed by atoms with E-state index in [2.05, 4.69) is 13.8 Å². The van der Waals surface area contributed by atoms with E-state index in [-0.39, 0.29) is 29.4 Å². The third kappa shape index (κ3) is 3.58. The summed E-state index contributed by atoms with van der Waals surface area (Å²) in [5.74, 6) is -0.715. The fourth-order valence-electron chi connectivity index (χ4n) is 2.91. The summed E-state index contributed by atoms with van der Waals surface area (Å²) in [4.78, 5) is 23.2. The second-order valence-electron chi connectivity index (χ2n) is 5.46. The molecule has 0 aromatic carbocycles. The minimum Gasteiger partial charge on any atom is -0.466 e. The lowest BCUT2D eigenvalue weighted by Gasteiger charge is -2.41. The molecule has 0 spiro atoms. The van der Waals surface area contributed by atoms with Crippen molar-refractivity contribution in [3.63, 3.8) is 0 Å². The quantitative estimate of drug-likeness (QED) is 0.581. The van der Waals surface area contributed by atoms with Gasteiger partial charge in [0.05, 0.1) is 12.5 Å². The standard InChI is InChI=1S/C15H24O4/c1-6-15(5)9-12(19-11(4)16)8-10(3)13(15)14(17)18-7-2/h8,12-13H,6-7,9H2,1-5H3. The summed E-state index contributed by atoms with van der Waals surface area (Å²) < 4.78 is 10.5. The molecule has 0 aliphatic heterocycles. The predicted molar refractivity (Wildman–Crippen MR) is 72.4 cm³/mol. The minimum absolute atomic E-state index is 0.179. The van der Waals surface area contributed by atoms with Gasteiger partial charge in [0.25, 0.3) is 0 Å². The SMILES string of the molecule is CCOC(=O)C1C(C)=CC(OC(C)=O)CC1(C)CC. The van der Waals surface area contributed by atoms with Crippen LogP contribution in [0.4, 0.5) is 0 Å². The van der Waals surface area contributed by atoms with Crippen LogP contribution in [0.15, 0.2) is 11.6 Å². The van der Waals surface area contributed by atoms with Crippen molar-refractivity contribution in [2.75, 3.05) is 6.61 Å². The highest BCUT2D eigenvalue weighted by Gasteiger charge is 2.44. The maximum Gasteiger partial charge on any atom is 0.313 e. The van der Waals surface area contributed by atoms with Crippen molar-refractivity contribution in [2.45, 2.75) is 53.6 Å². The average Bonchev–Trinajstić information content (AvgIpc) is 2.27. The van der Waals surface area contributed by atoms with Crippen LogP contribution >= 0.6 is 0 Å². The van der Waals surface area contributed by atoms with Crippen LogP contribution in [0.2, 0.25) is 0 Å². The first-order valence-electron chi connectivity index (χ1n) is 6.86. The molecule has 0 aromatic heterocycles. The maximum atomic E-state index is 12.1. The fourth-order valence-corrected chi connectivity index (χ4v) is 2.91. The van der Waals surface area contributed by atoms with Crippen molar-refractivity contribution in [1.82, 2.24) is 0 Å². The Morgan fingerprint density at radius 2 is 2.05 bits per heavy atom. The fraction of sp³-hybridized carbons (Fsp3) is 0.733. The molecule has 0 saturated heterocycles. The van der Waals surface area contributed by atoms with Gasteiger partial charge in [0, 0.05) is 6.92 Å². The lowest BCUT2D eigenvalue weighted by Crippen LogP contribution is -2.42. The monoisotopic (exact) mass is 268 g/mol. The van der Waals surface area contributed by atoms with E-state index in [4.69, 9.17) is 9.47 Å². The summed E-state index contributed by atoms with van der Waals surface area (Å²) in [6, 6.07) is 0. The van der Waals surface area contributed by atoms with Crippen LogP contribution in [0, 0.1) is 11.3 Å². The van der Waals surface area contributed by atoms with E-state index in [1.165, 1.54) is 6.92 Å². The minimum atomic E-state index is -0.290. The summed E-state index contributed by atoms with van der Waals surface area (Å²) in [6.07, 6.45) is 3.12. The number of hydrogen-bond acceptors (Lipinski definition) is 4. The van der Waals surface area contributed by atoms with Crippen molar-refractivity contribution in [3.05, 3.63) is 11.6 Å². The van der Waals surface area contributed by atoms with Crippen molar-refractivity contribution in [2.24, 2.45) is 11.3 Å². The topological polar surface area (TPSA) is 52.6 Å². The van der Waals surface area contributed by atoms with Gasteiger partial charge in [0.2, 0.25) is 0 Å². The Bertz CT molecular complexity index is 386. The molecule has 0 saturated carbocycles. The molecule has 0 bridgehead atoms. The van der Waals surface area contributed by atoms with Gasteiger partial charge < -0.3 is 9.47 Å². The zero-order chi connectivity index (χ0) is 14.6. The first kappa shape index (κ1) is 15.7. The number of rotatable bonds is 4. The molecule has 0 radical (unpaired) electrons. The molecule has 0 N–H and O–H groups in total. The second-order valence-corrected chi connectivity index (χ2v) is 5.46. The van der Waals surface area contributed by atoms with Gasteiger partial charge in [-0.05, 0) is 38.2 Å². The summed E-state index contributed by atoms with van der Waals surface area (Å²) in [7, 11) is 0. The van der Waals surface area contributed by atoms with E-state index in [9.17, 15) is 9.59 Å². The molecule has 0 amide bonds. The van der Waals surface area contributed by atoms with Gasteiger partial charge in [-0.2, -0.15) is 0 Å².